The van der Waals surface area contributed by atoms with E-state index in [1.54, 1.807) is 12.1 Å². The number of ketones is 1. The molecule has 1 amide bonds. The van der Waals surface area contributed by atoms with E-state index in [4.69, 9.17) is 4.74 Å². The molecular formula is C28H27FN6O5S. The highest BCUT2D eigenvalue weighted by atomic mass is 32.2. The molecule has 0 atom stereocenters. The minimum atomic E-state index is -3.84. The normalized spacial score (nSPS) is 13.6. The molecular weight excluding hydrogens is 551 g/mol. The summed E-state index contributed by atoms with van der Waals surface area (Å²) in [5.74, 6) is -1.43. The predicted molar refractivity (Wildman–Crippen MR) is 152 cm³/mol. The van der Waals surface area contributed by atoms with Crippen LogP contribution in [0.2, 0.25) is 0 Å². The third-order valence-electron chi connectivity index (χ3n) is 6.55. The molecule has 1 aliphatic heterocycles. The van der Waals surface area contributed by atoms with Crippen LogP contribution in [0.5, 0.6) is 5.75 Å². The van der Waals surface area contributed by atoms with Crippen LogP contribution in [0.3, 0.4) is 0 Å². The molecule has 0 unspecified atom stereocenters. The number of pyridine rings is 1. The monoisotopic (exact) mass is 578 g/mol. The molecule has 1 aliphatic rings. The molecule has 0 aliphatic carbocycles. The lowest BCUT2D eigenvalue weighted by Crippen LogP contribution is -2.44. The molecule has 0 saturated carbocycles. The lowest BCUT2D eigenvalue weighted by atomic mass is 10.0. The van der Waals surface area contributed by atoms with Crippen LogP contribution in [0.4, 0.5) is 21.6 Å². The second kappa shape index (κ2) is 11.1. The summed E-state index contributed by atoms with van der Waals surface area (Å²) in [5.41, 5.74) is 3.12. The van der Waals surface area contributed by atoms with Gasteiger partial charge in [0.25, 0.3) is 16.1 Å². The molecule has 41 heavy (non-hydrogen) atoms. The van der Waals surface area contributed by atoms with Gasteiger partial charge in [0.15, 0.2) is 17.3 Å². The van der Waals surface area contributed by atoms with Gasteiger partial charge in [0.05, 0.1) is 37.1 Å². The number of aromatic nitrogens is 2. The van der Waals surface area contributed by atoms with E-state index in [9.17, 15) is 22.4 Å². The van der Waals surface area contributed by atoms with E-state index >= 15 is 0 Å². The Bertz CT molecular complexity index is 1740. The van der Waals surface area contributed by atoms with Gasteiger partial charge in [-0.05, 0) is 42.5 Å². The molecule has 11 nitrogen and oxygen atoms in total. The number of carbonyl (C=O) groups is 2. The number of Topliss-reactive ketones (excluding diaryl/α,β-unsaturated/α-hetero) is 1. The SMILES string of the molecule is COc1ccc(C(=O)Nc2cc(-c3[nH]c4c(c3Nc3ccccc3)C(=O)CN(S(=O)(=O)N(C)C)C4)ccn2)cc1F. The predicted octanol–water partition coefficient (Wildman–Crippen LogP) is 4.03. The summed E-state index contributed by atoms with van der Waals surface area (Å²) >= 11 is 0. The number of nitrogens with zero attached hydrogens (tertiary/aromatic N) is 3. The number of carbonyl (C=O) groups excluding carboxylic acids is 2. The molecule has 3 heterocycles. The number of fused-ring (bicyclic) bond motifs is 1. The minimum Gasteiger partial charge on any atom is -0.494 e. The smallest absolute Gasteiger partial charge is 0.282 e. The van der Waals surface area contributed by atoms with Gasteiger partial charge in [-0.2, -0.15) is 17.0 Å². The van der Waals surface area contributed by atoms with E-state index in [0.29, 0.717) is 28.2 Å². The third kappa shape index (κ3) is 5.55. The van der Waals surface area contributed by atoms with Gasteiger partial charge in [0, 0.05) is 42.8 Å². The van der Waals surface area contributed by atoms with Crippen molar-refractivity contribution in [2.24, 2.45) is 0 Å². The van der Waals surface area contributed by atoms with E-state index in [1.807, 2.05) is 30.3 Å². The maximum Gasteiger partial charge on any atom is 0.282 e. The van der Waals surface area contributed by atoms with E-state index in [1.165, 1.54) is 39.5 Å². The number of H-pyrrole nitrogens is 1. The first-order valence-electron chi connectivity index (χ1n) is 12.5. The highest BCUT2D eigenvalue weighted by Gasteiger charge is 2.36. The number of nitrogens with one attached hydrogen (secondary N) is 3. The number of amides is 1. The number of hydrogen-bond donors (Lipinski definition) is 3. The zero-order valence-electron chi connectivity index (χ0n) is 22.4. The molecule has 212 valence electrons. The molecule has 0 bridgehead atoms. The fraction of sp³-hybridized carbons (Fsp3) is 0.179. The summed E-state index contributed by atoms with van der Waals surface area (Å²) in [5, 5.41) is 5.96. The second-order valence-electron chi connectivity index (χ2n) is 9.43. The molecule has 4 aromatic rings. The van der Waals surface area contributed by atoms with Gasteiger partial charge in [-0.25, -0.2) is 9.37 Å². The Kier molecular flexibility index (Phi) is 7.58. The molecule has 2 aromatic heterocycles. The van der Waals surface area contributed by atoms with Crippen molar-refractivity contribution in [3.63, 3.8) is 0 Å². The van der Waals surface area contributed by atoms with Gasteiger partial charge in [-0.15, -0.1) is 0 Å². The van der Waals surface area contributed by atoms with Crippen LogP contribution in [-0.2, 0) is 16.8 Å². The van der Waals surface area contributed by atoms with Crippen LogP contribution < -0.4 is 15.4 Å². The standard InChI is InChI=1S/C28H27FN6O5S/c1-34(2)41(38,39)35-15-21-25(22(36)16-35)27(31-19-7-5-4-6-8-19)26(32-21)17-11-12-30-24(14-17)33-28(37)18-9-10-23(40-3)20(29)13-18/h4-14,31-32H,15-16H2,1-3H3,(H,30,33,37). The Morgan fingerprint density at radius 1 is 1.10 bits per heavy atom. The van der Waals surface area contributed by atoms with Crippen molar-refractivity contribution in [2.45, 2.75) is 6.54 Å². The lowest BCUT2D eigenvalue weighted by molar-refractivity contribution is 0.0947. The van der Waals surface area contributed by atoms with Crippen LogP contribution in [0.15, 0.2) is 66.9 Å². The molecule has 2 aromatic carbocycles. The maximum absolute atomic E-state index is 14.1. The van der Waals surface area contributed by atoms with Crippen molar-refractivity contribution in [2.75, 3.05) is 38.4 Å². The number of anilines is 3. The summed E-state index contributed by atoms with van der Waals surface area (Å²) in [6.45, 7) is -0.354. The first-order chi connectivity index (χ1) is 19.6. The molecule has 13 heteroatoms. The van der Waals surface area contributed by atoms with Crippen LogP contribution in [0, 0.1) is 5.82 Å². The average Bonchev–Trinajstić information content (AvgIpc) is 3.32. The Labute approximate surface area is 236 Å². The number of hydrogen-bond acceptors (Lipinski definition) is 7. The van der Waals surface area contributed by atoms with Crippen LogP contribution >= 0.6 is 0 Å². The highest BCUT2D eigenvalue weighted by Crippen LogP contribution is 2.39. The van der Waals surface area contributed by atoms with Crippen LogP contribution in [-0.4, -0.2) is 66.4 Å². The van der Waals surface area contributed by atoms with E-state index in [0.717, 1.165) is 20.4 Å². The molecule has 0 spiro atoms. The first kappa shape index (κ1) is 28.0. The number of methoxy groups -OCH3 is 1. The van der Waals surface area contributed by atoms with Crippen molar-refractivity contribution in [1.29, 1.82) is 0 Å². The van der Waals surface area contributed by atoms with Crippen molar-refractivity contribution >= 4 is 39.1 Å². The Morgan fingerprint density at radius 3 is 2.54 bits per heavy atom. The highest BCUT2D eigenvalue weighted by molar-refractivity contribution is 7.86. The molecule has 0 radical (unpaired) electrons. The van der Waals surface area contributed by atoms with Gasteiger partial charge in [-0.3, -0.25) is 9.59 Å². The Balaban J connectivity index is 1.53. The van der Waals surface area contributed by atoms with Crippen LogP contribution in [0.25, 0.3) is 11.3 Å². The third-order valence-corrected chi connectivity index (χ3v) is 8.38. The zero-order valence-corrected chi connectivity index (χ0v) is 23.3. The van der Waals surface area contributed by atoms with Crippen molar-refractivity contribution in [3.8, 4) is 17.0 Å². The summed E-state index contributed by atoms with van der Waals surface area (Å²) in [7, 11) is 0.304. The van der Waals surface area contributed by atoms with E-state index in [2.05, 4.69) is 20.6 Å². The number of ether oxygens (including phenoxy) is 1. The van der Waals surface area contributed by atoms with Gasteiger partial charge in [-0.1, -0.05) is 18.2 Å². The van der Waals surface area contributed by atoms with Gasteiger partial charge >= 0.3 is 0 Å². The number of benzene rings is 2. The molecule has 0 saturated heterocycles. The van der Waals surface area contributed by atoms with Crippen LogP contribution in [0.1, 0.15) is 26.4 Å². The summed E-state index contributed by atoms with van der Waals surface area (Å²) in [6.07, 6.45) is 1.48. The summed E-state index contributed by atoms with van der Waals surface area (Å²) in [6, 6.07) is 16.4. The molecule has 5 rings (SSSR count). The van der Waals surface area contributed by atoms with E-state index < -0.39 is 21.9 Å². The second-order valence-corrected chi connectivity index (χ2v) is 11.6. The van der Waals surface area contributed by atoms with Gasteiger partial charge in [0.1, 0.15) is 5.82 Å². The Hall–Kier alpha value is -4.59. The van der Waals surface area contributed by atoms with Crippen molar-refractivity contribution < 1.29 is 27.1 Å². The van der Waals surface area contributed by atoms with Gasteiger partial charge < -0.3 is 20.4 Å². The first-order valence-corrected chi connectivity index (χ1v) is 13.9. The largest absolute Gasteiger partial charge is 0.494 e. The average molecular weight is 579 g/mol. The number of para-hydroxylation sites is 1. The number of halogens is 1. The van der Waals surface area contributed by atoms with Gasteiger partial charge in [0.2, 0.25) is 0 Å². The Morgan fingerprint density at radius 2 is 1.85 bits per heavy atom. The number of rotatable bonds is 8. The number of aromatic amines is 1. The lowest BCUT2D eigenvalue weighted by Gasteiger charge is -2.28. The van der Waals surface area contributed by atoms with E-state index in [-0.39, 0.29) is 36.0 Å². The van der Waals surface area contributed by atoms with Crippen molar-refractivity contribution in [3.05, 3.63) is 89.5 Å². The fourth-order valence-electron chi connectivity index (χ4n) is 4.50. The molecule has 0 fully saturated rings. The zero-order chi connectivity index (χ0) is 29.3. The quantitative estimate of drug-likeness (QED) is 0.287. The summed E-state index contributed by atoms with van der Waals surface area (Å²) < 4.78 is 46.8. The minimum absolute atomic E-state index is 0.0160. The fourth-order valence-corrected chi connectivity index (χ4v) is 5.54. The summed E-state index contributed by atoms with van der Waals surface area (Å²) in [4.78, 5) is 33.6. The topological polar surface area (TPSA) is 137 Å². The maximum atomic E-state index is 14.1. The molecule has 3 N–H and O–H groups in total. The van der Waals surface area contributed by atoms with Crippen molar-refractivity contribution in [1.82, 2.24) is 18.6 Å².